The van der Waals surface area contributed by atoms with Crippen molar-refractivity contribution >= 4 is 17.4 Å². The lowest BCUT2D eigenvalue weighted by molar-refractivity contribution is 0.103. The second kappa shape index (κ2) is 4.41. The number of carbonyl (C=O) groups excluding carboxylic acids is 1. The average molecular weight is 236 g/mol. The summed E-state index contributed by atoms with van der Waals surface area (Å²) in [5.41, 5.74) is 0.409. The molecule has 0 saturated heterocycles. The van der Waals surface area contributed by atoms with Crippen LogP contribution >= 0.6 is 11.6 Å². The van der Waals surface area contributed by atoms with Crippen molar-refractivity contribution in [1.82, 2.24) is 4.98 Å². The molecule has 0 fully saturated rings. The van der Waals surface area contributed by atoms with Crippen LogP contribution in [0.5, 0.6) is 0 Å². The Morgan fingerprint density at radius 3 is 2.50 bits per heavy atom. The molecule has 1 aromatic carbocycles. The Balaban J connectivity index is 2.42. The molecule has 0 atom stereocenters. The van der Waals surface area contributed by atoms with Crippen LogP contribution < -0.4 is 0 Å². The van der Waals surface area contributed by atoms with Gasteiger partial charge in [0.2, 0.25) is 0 Å². The number of carbonyl (C=O) groups is 1. The number of pyridine rings is 1. The minimum absolute atomic E-state index is 0.00981. The van der Waals surface area contributed by atoms with Crippen LogP contribution in [0.15, 0.2) is 42.7 Å². The highest BCUT2D eigenvalue weighted by Crippen LogP contribution is 2.17. The number of hydrogen-bond acceptors (Lipinski definition) is 2. The van der Waals surface area contributed by atoms with Gasteiger partial charge in [-0.3, -0.25) is 9.78 Å². The van der Waals surface area contributed by atoms with E-state index < -0.39 is 5.82 Å². The van der Waals surface area contributed by atoms with Crippen molar-refractivity contribution in [1.29, 1.82) is 0 Å². The molecular weight excluding hydrogens is 229 g/mol. The molecule has 2 nitrogen and oxygen atoms in total. The van der Waals surface area contributed by atoms with E-state index in [9.17, 15) is 9.18 Å². The van der Waals surface area contributed by atoms with Crippen LogP contribution in [-0.4, -0.2) is 10.8 Å². The minimum Gasteiger partial charge on any atom is -0.288 e. The molecule has 0 bridgehead atoms. The maximum Gasteiger partial charge on any atom is 0.196 e. The molecule has 1 aromatic heterocycles. The highest BCUT2D eigenvalue weighted by molar-refractivity contribution is 6.30. The third kappa shape index (κ3) is 2.09. The van der Waals surface area contributed by atoms with Crippen molar-refractivity contribution in [3.63, 3.8) is 0 Å². The summed E-state index contributed by atoms with van der Waals surface area (Å²) < 4.78 is 13.5. The van der Waals surface area contributed by atoms with E-state index >= 15 is 0 Å². The van der Waals surface area contributed by atoms with Crippen LogP contribution in [0.25, 0.3) is 0 Å². The molecule has 0 aliphatic carbocycles. The Kier molecular flexibility index (Phi) is 2.97. The molecule has 16 heavy (non-hydrogen) atoms. The maximum atomic E-state index is 13.5. The largest absolute Gasteiger partial charge is 0.288 e. The number of halogens is 2. The molecule has 4 heteroatoms. The van der Waals surface area contributed by atoms with E-state index in [0.717, 1.165) is 6.07 Å². The Hall–Kier alpha value is -1.74. The Morgan fingerprint density at radius 2 is 1.88 bits per heavy atom. The highest BCUT2D eigenvalue weighted by atomic mass is 35.5. The molecule has 2 aromatic rings. The van der Waals surface area contributed by atoms with Gasteiger partial charge >= 0.3 is 0 Å². The van der Waals surface area contributed by atoms with Crippen molar-refractivity contribution in [2.45, 2.75) is 0 Å². The van der Waals surface area contributed by atoms with Gasteiger partial charge < -0.3 is 0 Å². The topological polar surface area (TPSA) is 30.0 Å². The summed E-state index contributed by atoms with van der Waals surface area (Å²) in [5, 5.41) is 0.267. The summed E-state index contributed by atoms with van der Waals surface area (Å²) in [6.07, 6.45) is 2.97. The fourth-order valence-corrected chi connectivity index (χ4v) is 1.49. The summed E-state index contributed by atoms with van der Waals surface area (Å²) in [4.78, 5) is 15.7. The van der Waals surface area contributed by atoms with Gasteiger partial charge in [0.1, 0.15) is 5.82 Å². The zero-order chi connectivity index (χ0) is 11.5. The summed E-state index contributed by atoms with van der Waals surface area (Å²) in [5.74, 6) is -0.995. The van der Waals surface area contributed by atoms with E-state index in [2.05, 4.69) is 4.98 Å². The number of nitrogens with zero attached hydrogens (tertiary/aromatic N) is 1. The number of benzene rings is 1. The summed E-state index contributed by atoms with van der Waals surface area (Å²) >= 11 is 5.61. The van der Waals surface area contributed by atoms with E-state index in [-0.39, 0.29) is 16.4 Å². The van der Waals surface area contributed by atoms with Gasteiger partial charge in [-0.2, -0.15) is 0 Å². The van der Waals surface area contributed by atoms with Crippen LogP contribution in [0.3, 0.4) is 0 Å². The lowest BCUT2D eigenvalue weighted by atomic mass is 10.0. The van der Waals surface area contributed by atoms with E-state index in [1.165, 1.54) is 36.7 Å². The fraction of sp³-hybridized carbons (Fsp3) is 0. The number of hydrogen-bond donors (Lipinski definition) is 0. The first-order chi connectivity index (χ1) is 7.68. The van der Waals surface area contributed by atoms with Crippen LogP contribution in [0.4, 0.5) is 4.39 Å². The Morgan fingerprint density at radius 1 is 1.19 bits per heavy atom. The van der Waals surface area contributed by atoms with Gasteiger partial charge in [0.15, 0.2) is 5.78 Å². The lowest BCUT2D eigenvalue weighted by Crippen LogP contribution is -2.04. The molecule has 0 saturated carbocycles. The number of rotatable bonds is 2. The van der Waals surface area contributed by atoms with Gasteiger partial charge in [0.25, 0.3) is 0 Å². The van der Waals surface area contributed by atoms with Crippen molar-refractivity contribution in [2.24, 2.45) is 0 Å². The normalized spacial score (nSPS) is 10.1. The van der Waals surface area contributed by atoms with E-state index in [1.807, 2.05) is 0 Å². The Bertz CT molecular complexity index is 528. The van der Waals surface area contributed by atoms with E-state index in [1.54, 1.807) is 0 Å². The average Bonchev–Trinajstić information content (AvgIpc) is 2.29. The van der Waals surface area contributed by atoms with Crippen molar-refractivity contribution in [3.8, 4) is 0 Å². The predicted octanol–water partition coefficient (Wildman–Crippen LogP) is 3.11. The smallest absolute Gasteiger partial charge is 0.196 e. The SMILES string of the molecule is O=C(c1ccncc1)c1ccc(Cl)cc1F. The molecule has 80 valence electrons. The fourth-order valence-electron chi connectivity index (χ4n) is 1.33. The van der Waals surface area contributed by atoms with Gasteiger partial charge in [-0.1, -0.05) is 11.6 Å². The van der Waals surface area contributed by atoms with Crippen LogP contribution in [0.2, 0.25) is 5.02 Å². The summed E-state index contributed by atoms with van der Waals surface area (Å²) in [6.45, 7) is 0. The van der Waals surface area contributed by atoms with E-state index in [4.69, 9.17) is 11.6 Å². The maximum absolute atomic E-state index is 13.5. The van der Waals surface area contributed by atoms with Crippen molar-refractivity contribution < 1.29 is 9.18 Å². The van der Waals surface area contributed by atoms with Crippen molar-refractivity contribution in [3.05, 3.63) is 64.7 Å². The summed E-state index contributed by atoms with van der Waals surface area (Å²) in [6, 6.07) is 7.06. The quantitative estimate of drug-likeness (QED) is 0.749. The number of ketones is 1. The van der Waals surface area contributed by atoms with Gasteiger partial charge in [0, 0.05) is 23.0 Å². The minimum atomic E-state index is -0.616. The predicted molar refractivity (Wildman–Crippen MR) is 59.1 cm³/mol. The van der Waals surface area contributed by atoms with Crippen LogP contribution in [0.1, 0.15) is 15.9 Å². The third-order valence-corrected chi connectivity index (χ3v) is 2.35. The number of aromatic nitrogens is 1. The molecule has 1 heterocycles. The molecule has 2 rings (SSSR count). The van der Waals surface area contributed by atoms with Gasteiger partial charge in [-0.15, -0.1) is 0 Å². The Labute approximate surface area is 96.7 Å². The van der Waals surface area contributed by atoms with Crippen molar-refractivity contribution in [2.75, 3.05) is 0 Å². The second-order valence-corrected chi connectivity index (χ2v) is 3.63. The first-order valence-corrected chi connectivity index (χ1v) is 4.96. The molecule has 0 amide bonds. The van der Waals surface area contributed by atoms with Crippen LogP contribution in [0, 0.1) is 5.82 Å². The summed E-state index contributed by atoms with van der Waals surface area (Å²) in [7, 11) is 0. The molecule has 0 N–H and O–H groups in total. The van der Waals surface area contributed by atoms with E-state index in [0.29, 0.717) is 5.56 Å². The van der Waals surface area contributed by atoms with Gasteiger partial charge in [-0.05, 0) is 30.3 Å². The zero-order valence-corrected chi connectivity index (χ0v) is 8.91. The molecule has 0 aliphatic heterocycles. The molecule has 0 radical (unpaired) electrons. The first-order valence-electron chi connectivity index (χ1n) is 4.58. The third-order valence-electron chi connectivity index (χ3n) is 2.12. The molecular formula is C12H7ClFNO. The lowest BCUT2D eigenvalue weighted by Gasteiger charge is -2.02. The van der Waals surface area contributed by atoms with Gasteiger partial charge in [0.05, 0.1) is 5.56 Å². The van der Waals surface area contributed by atoms with Gasteiger partial charge in [-0.25, -0.2) is 4.39 Å². The molecule has 0 spiro atoms. The van der Waals surface area contributed by atoms with Crippen LogP contribution in [-0.2, 0) is 0 Å². The zero-order valence-electron chi connectivity index (χ0n) is 8.15. The monoisotopic (exact) mass is 235 g/mol. The first kappa shape index (κ1) is 10.8. The molecule has 0 aliphatic rings. The highest BCUT2D eigenvalue weighted by Gasteiger charge is 2.13. The molecule has 0 unspecified atom stereocenters. The second-order valence-electron chi connectivity index (χ2n) is 3.19. The standard InChI is InChI=1S/C12H7ClFNO/c13-9-1-2-10(11(14)7-9)12(16)8-3-5-15-6-4-8/h1-7H.